The average Bonchev–Trinajstić information content (AvgIpc) is 2.16. The van der Waals surface area contributed by atoms with Gasteiger partial charge in [-0.15, -0.1) is 0 Å². The highest BCUT2D eigenvalue weighted by molar-refractivity contribution is 5.55. The second kappa shape index (κ2) is 4.52. The van der Waals surface area contributed by atoms with Gasteiger partial charge in [0, 0.05) is 12.2 Å². The summed E-state index contributed by atoms with van der Waals surface area (Å²) in [5.74, 6) is 0.685. The Labute approximate surface area is 97.5 Å². The Bertz CT molecular complexity index is 410. The second-order valence-corrected chi connectivity index (χ2v) is 5.20. The van der Waals surface area contributed by atoms with E-state index in [0.29, 0.717) is 11.4 Å². The number of anilines is 1. The Kier molecular flexibility index (Phi) is 3.54. The largest absolute Gasteiger partial charge is 0.366 e. The number of nitriles is 1. The highest BCUT2D eigenvalue weighted by atomic mass is 15.0. The molecule has 0 saturated heterocycles. The lowest BCUT2D eigenvalue weighted by molar-refractivity contribution is 0.358. The summed E-state index contributed by atoms with van der Waals surface area (Å²) in [7, 11) is 0. The zero-order valence-corrected chi connectivity index (χ0v) is 10.6. The van der Waals surface area contributed by atoms with Crippen LogP contribution in [0, 0.1) is 23.7 Å². The summed E-state index contributed by atoms with van der Waals surface area (Å²) in [5.41, 5.74) is 1.73. The zero-order chi connectivity index (χ0) is 12.3. The fourth-order valence-corrected chi connectivity index (χ4v) is 1.23. The molecule has 3 heteroatoms. The van der Waals surface area contributed by atoms with Gasteiger partial charge < -0.3 is 5.32 Å². The van der Waals surface area contributed by atoms with E-state index in [1.54, 1.807) is 6.20 Å². The van der Waals surface area contributed by atoms with Crippen LogP contribution >= 0.6 is 0 Å². The van der Waals surface area contributed by atoms with Gasteiger partial charge in [0.25, 0.3) is 0 Å². The van der Waals surface area contributed by atoms with Gasteiger partial charge in [-0.2, -0.15) is 5.26 Å². The molecule has 1 aromatic heterocycles. The summed E-state index contributed by atoms with van der Waals surface area (Å²) in [6.45, 7) is 10.5. The fraction of sp³-hybridized carbons (Fsp3) is 0.538. The molecule has 1 rings (SSSR count). The normalized spacial score (nSPS) is 13.0. The van der Waals surface area contributed by atoms with Crippen LogP contribution in [-0.2, 0) is 0 Å². The maximum atomic E-state index is 9.08. The lowest BCUT2D eigenvalue weighted by Crippen LogP contribution is -2.31. The van der Waals surface area contributed by atoms with Gasteiger partial charge in [0.1, 0.15) is 11.9 Å². The van der Waals surface area contributed by atoms with Gasteiger partial charge in [-0.3, -0.25) is 0 Å². The Morgan fingerprint density at radius 2 is 2.06 bits per heavy atom. The standard InChI is InChI=1S/C13H19N3/c1-9-6-7-15-12(11(9)8-14)16-10(2)13(3,4)5/h6-7,10H,1-5H3,(H,15,16). The minimum atomic E-state index is 0.137. The quantitative estimate of drug-likeness (QED) is 0.828. The number of pyridine rings is 1. The van der Waals surface area contributed by atoms with Gasteiger partial charge in [0.15, 0.2) is 0 Å². The smallest absolute Gasteiger partial charge is 0.144 e. The van der Waals surface area contributed by atoms with Crippen LogP contribution in [0.1, 0.15) is 38.8 Å². The van der Waals surface area contributed by atoms with Crippen LogP contribution in [0.2, 0.25) is 0 Å². The number of hydrogen-bond acceptors (Lipinski definition) is 3. The maximum absolute atomic E-state index is 9.08. The van der Waals surface area contributed by atoms with E-state index in [0.717, 1.165) is 5.56 Å². The van der Waals surface area contributed by atoms with E-state index in [1.807, 2.05) is 13.0 Å². The number of aromatic nitrogens is 1. The van der Waals surface area contributed by atoms with Crippen molar-refractivity contribution in [2.75, 3.05) is 5.32 Å². The Morgan fingerprint density at radius 1 is 1.44 bits per heavy atom. The minimum Gasteiger partial charge on any atom is -0.366 e. The molecule has 3 nitrogen and oxygen atoms in total. The van der Waals surface area contributed by atoms with E-state index in [1.165, 1.54) is 0 Å². The third-order valence-electron chi connectivity index (χ3n) is 2.92. The highest BCUT2D eigenvalue weighted by Gasteiger charge is 2.21. The summed E-state index contributed by atoms with van der Waals surface area (Å²) in [6, 6.07) is 4.31. The molecule has 0 saturated carbocycles. The number of hydrogen-bond donors (Lipinski definition) is 1. The molecule has 0 radical (unpaired) electrons. The number of nitrogens with zero attached hydrogens (tertiary/aromatic N) is 2. The van der Waals surface area contributed by atoms with Crippen molar-refractivity contribution in [3.05, 3.63) is 23.4 Å². The van der Waals surface area contributed by atoms with Crippen LogP contribution in [0.15, 0.2) is 12.3 Å². The van der Waals surface area contributed by atoms with Crippen LogP contribution in [0.4, 0.5) is 5.82 Å². The van der Waals surface area contributed by atoms with Crippen molar-refractivity contribution in [2.24, 2.45) is 5.41 Å². The van der Waals surface area contributed by atoms with E-state index in [4.69, 9.17) is 5.26 Å². The Balaban J connectivity index is 2.99. The molecule has 0 aliphatic rings. The Hall–Kier alpha value is -1.56. The van der Waals surface area contributed by atoms with Crippen molar-refractivity contribution in [1.82, 2.24) is 4.98 Å². The third-order valence-corrected chi connectivity index (χ3v) is 2.92. The highest BCUT2D eigenvalue weighted by Crippen LogP contribution is 2.24. The lowest BCUT2D eigenvalue weighted by Gasteiger charge is -2.28. The second-order valence-electron chi connectivity index (χ2n) is 5.20. The molecule has 1 unspecified atom stereocenters. The maximum Gasteiger partial charge on any atom is 0.144 e. The van der Waals surface area contributed by atoms with Gasteiger partial charge in [-0.25, -0.2) is 4.98 Å². The minimum absolute atomic E-state index is 0.137. The molecule has 1 atom stereocenters. The van der Waals surface area contributed by atoms with Gasteiger partial charge in [-0.05, 0) is 30.9 Å². The molecule has 1 aromatic rings. The summed E-state index contributed by atoms with van der Waals surface area (Å²) in [4.78, 5) is 4.23. The van der Waals surface area contributed by atoms with Gasteiger partial charge in [0.2, 0.25) is 0 Å². The average molecular weight is 217 g/mol. The molecule has 1 heterocycles. The zero-order valence-electron chi connectivity index (χ0n) is 10.6. The molecular formula is C13H19N3. The lowest BCUT2D eigenvalue weighted by atomic mass is 9.88. The van der Waals surface area contributed by atoms with E-state index in [9.17, 15) is 0 Å². The first kappa shape index (κ1) is 12.5. The van der Waals surface area contributed by atoms with Crippen LogP contribution in [0.5, 0.6) is 0 Å². The van der Waals surface area contributed by atoms with Gasteiger partial charge in [-0.1, -0.05) is 20.8 Å². The van der Waals surface area contributed by atoms with Crippen molar-refractivity contribution >= 4 is 5.82 Å². The predicted octanol–water partition coefficient (Wildman–Crippen LogP) is 3.11. The van der Waals surface area contributed by atoms with Crippen LogP contribution in [0.25, 0.3) is 0 Å². The molecule has 0 aromatic carbocycles. The monoisotopic (exact) mass is 217 g/mol. The Morgan fingerprint density at radius 3 is 2.56 bits per heavy atom. The predicted molar refractivity (Wildman–Crippen MR) is 66.2 cm³/mol. The molecule has 0 aliphatic carbocycles. The van der Waals surface area contributed by atoms with E-state index in [-0.39, 0.29) is 11.5 Å². The molecule has 86 valence electrons. The number of nitrogens with one attached hydrogen (secondary N) is 1. The first-order valence-electron chi connectivity index (χ1n) is 5.48. The van der Waals surface area contributed by atoms with Crippen LogP contribution in [0.3, 0.4) is 0 Å². The van der Waals surface area contributed by atoms with Crippen LogP contribution in [-0.4, -0.2) is 11.0 Å². The molecule has 0 amide bonds. The SMILES string of the molecule is Cc1ccnc(NC(C)C(C)(C)C)c1C#N. The molecule has 0 bridgehead atoms. The van der Waals surface area contributed by atoms with E-state index < -0.39 is 0 Å². The van der Waals surface area contributed by atoms with Crippen molar-refractivity contribution in [3.63, 3.8) is 0 Å². The molecular weight excluding hydrogens is 198 g/mol. The van der Waals surface area contributed by atoms with Gasteiger partial charge in [0.05, 0.1) is 5.56 Å². The summed E-state index contributed by atoms with van der Waals surface area (Å²) < 4.78 is 0. The summed E-state index contributed by atoms with van der Waals surface area (Å²) in [5, 5.41) is 12.4. The molecule has 1 N–H and O–H groups in total. The fourth-order valence-electron chi connectivity index (χ4n) is 1.23. The van der Waals surface area contributed by atoms with E-state index >= 15 is 0 Å². The summed E-state index contributed by atoms with van der Waals surface area (Å²) in [6.07, 6.45) is 1.73. The molecule has 16 heavy (non-hydrogen) atoms. The topological polar surface area (TPSA) is 48.7 Å². The van der Waals surface area contributed by atoms with Gasteiger partial charge >= 0.3 is 0 Å². The van der Waals surface area contributed by atoms with Crippen molar-refractivity contribution < 1.29 is 0 Å². The van der Waals surface area contributed by atoms with Crippen molar-refractivity contribution in [1.29, 1.82) is 5.26 Å². The van der Waals surface area contributed by atoms with E-state index in [2.05, 4.69) is 44.1 Å². The van der Waals surface area contributed by atoms with Crippen molar-refractivity contribution in [2.45, 2.75) is 40.7 Å². The third kappa shape index (κ3) is 2.73. The number of rotatable bonds is 2. The molecule has 0 spiro atoms. The first-order valence-corrected chi connectivity index (χ1v) is 5.48. The van der Waals surface area contributed by atoms with Crippen LogP contribution < -0.4 is 5.32 Å². The summed E-state index contributed by atoms with van der Waals surface area (Å²) >= 11 is 0. The number of aryl methyl sites for hydroxylation is 1. The first-order chi connectivity index (χ1) is 7.36. The van der Waals surface area contributed by atoms with Crippen molar-refractivity contribution in [3.8, 4) is 6.07 Å². The molecule has 0 fully saturated rings. The molecule has 0 aliphatic heterocycles.